The molecule has 0 aliphatic carbocycles. The van der Waals surface area contributed by atoms with Crippen LogP contribution in [0.5, 0.6) is 11.5 Å². The summed E-state index contributed by atoms with van der Waals surface area (Å²) in [4.78, 5) is 9.12. The molecular formula is C6H5NO6S. The molecule has 7 nitrogen and oxygen atoms in total. The van der Waals surface area contributed by atoms with Gasteiger partial charge in [-0.05, 0) is 17.3 Å². The molecule has 1 aromatic rings. The zero-order valence-electron chi connectivity index (χ0n) is 6.58. The molecule has 0 heterocycles. The van der Waals surface area contributed by atoms with E-state index < -0.39 is 32.2 Å². The van der Waals surface area contributed by atoms with E-state index in [2.05, 4.69) is 5.18 Å². The fraction of sp³-hybridized carbons (Fsp3) is 0. The van der Waals surface area contributed by atoms with E-state index in [9.17, 15) is 13.3 Å². The first kappa shape index (κ1) is 10.4. The van der Waals surface area contributed by atoms with Gasteiger partial charge in [0.25, 0.3) is 10.1 Å². The SMILES string of the molecule is O=Nc1ccc(S(=O)(=O)O)c(O)c1O. The standard InChI is InChI=1S/C6H5NO6S/c8-5-3(7-10)1-2-4(6(5)9)14(11,12)13/h1-2,8-9H,(H,11,12,13). The predicted molar refractivity (Wildman–Crippen MR) is 45.0 cm³/mol. The molecule has 0 aromatic heterocycles. The van der Waals surface area contributed by atoms with Crippen molar-refractivity contribution >= 4 is 15.8 Å². The molecule has 0 atom stereocenters. The van der Waals surface area contributed by atoms with Crippen molar-refractivity contribution in [2.75, 3.05) is 0 Å². The van der Waals surface area contributed by atoms with Crippen molar-refractivity contribution in [3.8, 4) is 11.5 Å². The Bertz CT molecular complexity index is 479. The van der Waals surface area contributed by atoms with Gasteiger partial charge >= 0.3 is 0 Å². The van der Waals surface area contributed by atoms with Crippen LogP contribution >= 0.6 is 0 Å². The van der Waals surface area contributed by atoms with Crippen LogP contribution in [-0.4, -0.2) is 23.2 Å². The summed E-state index contributed by atoms with van der Waals surface area (Å²) in [6.07, 6.45) is 0. The number of hydrogen-bond donors (Lipinski definition) is 3. The van der Waals surface area contributed by atoms with Crippen molar-refractivity contribution in [3.05, 3.63) is 17.0 Å². The maximum Gasteiger partial charge on any atom is 0.298 e. The number of benzene rings is 1. The number of nitroso groups, excluding NO2 is 1. The molecular weight excluding hydrogens is 214 g/mol. The predicted octanol–water partition coefficient (Wildman–Crippen LogP) is 0.742. The van der Waals surface area contributed by atoms with Crippen LogP contribution in [0.25, 0.3) is 0 Å². The largest absolute Gasteiger partial charge is 0.503 e. The Balaban J connectivity index is 3.54. The third-order valence-corrected chi connectivity index (χ3v) is 2.35. The Morgan fingerprint density at radius 1 is 1.14 bits per heavy atom. The van der Waals surface area contributed by atoms with E-state index in [1.165, 1.54) is 0 Å². The first-order chi connectivity index (χ1) is 6.38. The lowest BCUT2D eigenvalue weighted by Gasteiger charge is -2.03. The summed E-state index contributed by atoms with van der Waals surface area (Å²) in [6.45, 7) is 0. The number of rotatable bonds is 2. The molecule has 1 rings (SSSR count). The van der Waals surface area contributed by atoms with Crippen LogP contribution in [0.4, 0.5) is 5.69 Å². The minimum Gasteiger partial charge on any atom is -0.503 e. The Hall–Kier alpha value is -1.67. The number of phenolic OH excluding ortho intramolecular Hbond substituents is 2. The Kier molecular flexibility index (Phi) is 2.41. The maximum absolute atomic E-state index is 10.6. The number of aromatic hydroxyl groups is 2. The lowest BCUT2D eigenvalue weighted by molar-refractivity contribution is 0.390. The zero-order valence-corrected chi connectivity index (χ0v) is 7.39. The van der Waals surface area contributed by atoms with Gasteiger partial charge in [-0.1, -0.05) is 0 Å². The Morgan fingerprint density at radius 3 is 2.14 bits per heavy atom. The fourth-order valence-electron chi connectivity index (χ4n) is 0.832. The third-order valence-electron chi connectivity index (χ3n) is 1.47. The van der Waals surface area contributed by atoms with Crippen LogP contribution in [0.1, 0.15) is 0 Å². The minimum absolute atomic E-state index is 0.519. The van der Waals surface area contributed by atoms with Gasteiger partial charge in [0.05, 0.1) is 0 Å². The molecule has 0 unspecified atom stereocenters. The minimum atomic E-state index is -4.63. The molecule has 0 aliphatic rings. The van der Waals surface area contributed by atoms with Crippen molar-refractivity contribution in [1.82, 2.24) is 0 Å². The van der Waals surface area contributed by atoms with Crippen LogP contribution < -0.4 is 0 Å². The summed E-state index contributed by atoms with van der Waals surface area (Å²) in [6, 6.07) is 1.60. The second kappa shape index (κ2) is 3.24. The first-order valence-corrected chi connectivity index (χ1v) is 4.67. The Labute approximate surface area is 78.3 Å². The van der Waals surface area contributed by atoms with Crippen LogP contribution in [0, 0.1) is 4.91 Å². The van der Waals surface area contributed by atoms with E-state index in [0.717, 1.165) is 12.1 Å². The maximum atomic E-state index is 10.6. The highest BCUT2D eigenvalue weighted by Crippen LogP contribution is 2.39. The summed E-state index contributed by atoms with van der Waals surface area (Å²) >= 11 is 0. The summed E-state index contributed by atoms with van der Waals surface area (Å²) in [7, 11) is -4.63. The average Bonchev–Trinajstić information content (AvgIpc) is 2.07. The first-order valence-electron chi connectivity index (χ1n) is 3.23. The number of hydrogen-bond acceptors (Lipinski definition) is 6. The molecule has 0 saturated carbocycles. The lowest BCUT2D eigenvalue weighted by Crippen LogP contribution is -1.98. The topological polar surface area (TPSA) is 124 Å². The van der Waals surface area contributed by atoms with Crippen molar-refractivity contribution in [1.29, 1.82) is 0 Å². The highest BCUT2D eigenvalue weighted by atomic mass is 32.2. The van der Waals surface area contributed by atoms with Gasteiger partial charge in [-0.2, -0.15) is 8.42 Å². The van der Waals surface area contributed by atoms with Gasteiger partial charge in [0.1, 0.15) is 4.90 Å². The van der Waals surface area contributed by atoms with E-state index in [1.54, 1.807) is 0 Å². The molecule has 3 N–H and O–H groups in total. The van der Waals surface area contributed by atoms with E-state index in [4.69, 9.17) is 14.8 Å². The van der Waals surface area contributed by atoms with Gasteiger partial charge < -0.3 is 10.2 Å². The highest BCUT2D eigenvalue weighted by molar-refractivity contribution is 7.86. The van der Waals surface area contributed by atoms with Crippen LogP contribution in [-0.2, 0) is 10.1 Å². The molecule has 0 spiro atoms. The van der Waals surface area contributed by atoms with Gasteiger partial charge in [0.2, 0.25) is 0 Å². The molecule has 0 fully saturated rings. The number of phenols is 2. The van der Waals surface area contributed by atoms with Gasteiger partial charge in [-0.25, -0.2) is 0 Å². The van der Waals surface area contributed by atoms with E-state index in [1.807, 2.05) is 0 Å². The van der Waals surface area contributed by atoms with Crippen molar-refractivity contribution in [2.45, 2.75) is 4.90 Å². The van der Waals surface area contributed by atoms with Gasteiger partial charge in [0.15, 0.2) is 17.2 Å². The van der Waals surface area contributed by atoms with E-state index >= 15 is 0 Å². The highest BCUT2D eigenvalue weighted by Gasteiger charge is 2.20. The molecule has 8 heteroatoms. The molecule has 14 heavy (non-hydrogen) atoms. The monoisotopic (exact) mass is 219 g/mol. The second-order valence-electron chi connectivity index (χ2n) is 2.35. The third kappa shape index (κ3) is 1.65. The van der Waals surface area contributed by atoms with Crippen molar-refractivity contribution in [3.63, 3.8) is 0 Å². The molecule has 0 saturated heterocycles. The second-order valence-corrected chi connectivity index (χ2v) is 3.74. The van der Waals surface area contributed by atoms with E-state index in [-0.39, 0.29) is 0 Å². The molecule has 0 radical (unpaired) electrons. The van der Waals surface area contributed by atoms with Crippen molar-refractivity contribution < 1.29 is 23.2 Å². The van der Waals surface area contributed by atoms with Crippen molar-refractivity contribution in [2.24, 2.45) is 5.18 Å². The summed E-state index contributed by atoms with van der Waals surface area (Å²) < 4.78 is 29.7. The van der Waals surface area contributed by atoms with Gasteiger partial charge in [-0.3, -0.25) is 4.55 Å². The van der Waals surface area contributed by atoms with Gasteiger partial charge in [0, 0.05) is 0 Å². The van der Waals surface area contributed by atoms with Gasteiger partial charge in [-0.15, -0.1) is 4.91 Å². The average molecular weight is 219 g/mol. The fourth-order valence-corrected chi connectivity index (χ4v) is 1.41. The smallest absolute Gasteiger partial charge is 0.298 e. The molecule has 0 aliphatic heterocycles. The molecule has 0 bridgehead atoms. The lowest BCUT2D eigenvalue weighted by atomic mass is 10.3. The number of nitrogens with zero attached hydrogens (tertiary/aromatic N) is 1. The van der Waals surface area contributed by atoms with E-state index in [0.29, 0.717) is 0 Å². The summed E-state index contributed by atoms with van der Waals surface area (Å²) in [5.41, 5.74) is -0.519. The normalized spacial score (nSPS) is 11.2. The molecule has 0 amide bonds. The molecule has 1 aromatic carbocycles. The van der Waals surface area contributed by atoms with Crippen LogP contribution in [0.3, 0.4) is 0 Å². The zero-order chi connectivity index (χ0) is 10.9. The van der Waals surface area contributed by atoms with Crippen LogP contribution in [0.15, 0.2) is 22.2 Å². The molecule has 76 valence electrons. The summed E-state index contributed by atoms with van der Waals surface area (Å²) in [5, 5.41) is 20.4. The quantitative estimate of drug-likeness (QED) is 0.382. The Morgan fingerprint density at radius 2 is 1.71 bits per heavy atom. The summed E-state index contributed by atoms with van der Waals surface area (Å²) in [5.74, 6) is -2.10. The van der Waals surface area contributed by atoms with Crippen LogP contribution in [0.2, 0.25) is 0 Å².